The summed E-state index contributed by atoms with van der Waals surface area (Å²) in [5.41, 5.74) is 2.94. The van der Waals surface area contributed by atoms with E-state index in [0.29, 0.717) is 17.7 Å². The molecule has 3 heteroatoms. The highest BCUT2D eigenvalue weighted by Gasteiger charge is 2.53. The molecule has 0 aromatic heterocycles. The van der Waals surface area contributed by atoms with Crippen LogP contribution in [0.25, 0.3) is 0 Å². The number of benzene rings is 1. The third kappa shape index (κ3) is 1.49. The molecule has 1 saturated carbocycles. The molecule has 20 heavy (non-hydrogen) atoms. The molecular formula is C17H21NO2. The normalized spacial score (nSPS) is 35.1. The standard InChI is InChI=1S/C17H21NO2/c19-11-18-8-7-17-6-2-1-3-14(17)16(18)9-12-4-5-13(20)10-15(12)17/h4-5,10-11,14,16,20H,1-3,6-9H2/t14-,16?,17+/m1/s1. The van der Waals surface area contributed by atoms with E-state index < -0.39 is 0 Å². The first-order chi connectivity index (χ1) is 9.74. The molecule has 1 heterocycles. The first-order valence-electron chi connectivity index (χ1n) is 7.78. The van der Waals surface area contributed by atoms with E-state index in [2.05, 4.69) is 6.07 Å². The van der Waals surface area contributed by atoms with Gasteiger partial charge in [-0.25, -0.2) is 0 Å². The van der Waals surface area contributed by atoms with Gasteiger partial charge in [0.2, 0.25) is 6.41 Å². The Kier molecular flexibility index (Phi) is 2.60. The predicted octanol–water partition coefficient (Wildman–Crippen LogP) is 2.61. The molecule has 2 fully saturated rings. The number of nitrogens with zero attached hydrogens (tertiary/aromatic N) is 1. The Bertz CT molecular complexity index is 556. The molecule has 1 aromatic carbocycles. The Morgan fingerprint density at radius 3 is 3.05 bits per heavy atom. The van der Waals surface area contributed by atoms with Crippen LogP contribution in [0.4, 0.5) is 0 Å². The van der Waals surface area contributed by atoms with Gasteiger partial charge in [-0.3, -0.25) is 4.79 Å². The van der Waals surface area contributed by atoms with E-state index in [1.54, 1.807) is 6.07 Å². The number of fused-ring (bicyclic) bond motifs is 1. The van der Waals surface area contributed by atoms with Crippen LogP contribution < -0.4 is 0 Å². The van der Waals surface area contributed by atoms with Crippen molar-refractivity contribution in [3.8, 4) is 5.75 Å². The molecule has 1 aromatic rings. The van der Waals surface area contributed by atoms with Gasteiger partial charge in [0, 0.05) is 18.0 Å². The number of hydrogen-bond donors (Lipinski definition) is 1. The van der Waals surface area contributed by atoms with Gasteiger partial charge in [0.1, 0.15) is 5.75 Å². The summed E-state index contributed by atoms with van der Waals surface area (Å²) in [7, 11) is 0. The zero-order chi connectivity index (χ0) is 13.7. The molecule has 3 nitrogen and oxygen atoms in total. The van der Waals surface area contributed by atoms with Crippen molar-refractivity contribution in [3.05, 3.63) is 29.3 Å². The second-order valence-electron chi connectivity index (χ2n) is 6.71. The Balaban J connectivity index is 1.89. The van der Waals surface area contributed by atoms with Crippen molar-refractivity contribution in [2.75, 3.05) is 6.54 Å². The maximum atomic E-state index is 11.4. The minimum atomic E-state index is 0.217. The van der Waals surface area contributed by atoms with Gasteiger partial charge in [-0.15, -0.1) is 0 Å². The zero-order valence-electron chi connectivity index (χ0n) is 11.7. The molecule has 0 radical (unpaired) electrons. The van der Waals surface area contributed by atoms with Crippen LogP contribution in [0, 0.1) is 5.92 Å². The molecule has 1 N–H and O–H groups in total. The average Bonchev–Trinajstić information content (AvgIpc) is 2.48. The fourth-order valence-electron chi connectivity index (χ4n) is 5.15. The number of rotatable bonds is 1. The number of carbonyl (C=O) groups excluding carboxylic acids is 1. The summed E-state index contributed by atoms with van der Waals surface area (Å²) in [6.07, 6.45) is 8.07. The minimum absolute atomic E-state index is 0.217. The number of phenolic OH excluding ortho intramolecular Hbond substituents is 1. The number of piperidine rings is 1. The van der Waals surface area contributed by atoms with E-state index in [0.717, 1.165) is 25.8 Å². The van der Waals surface area contributed by atoms with Crippen molar-refractivity contribution in [2.24, 2.45) is 5.92 Å². The lowest BCUT2D eigenvalue weighted by atomic mass is 9.52. The van der Waals surface area contributed by atoms with Gasteiger partial charge >= 0.3 is 0 Å². The second kappa shape index (κ2) is 4.24. The third-order valence-electron chi connectivity index (χ3n) is 6.00. The maximum absolute atomic E-state index is 11.4. The first kappa shape index (κ1) is 12.2. The molecule has 3 atom stereocenters. The van der Waals surface area contributed by atoms with Crippen molar-refractivity contribution in [1.29, 1.82) is 0 Å². The zero-order valence-corrected chi connectivity index (χ0v) is 11.7. The minimum Gasteiger partial charge on any atom is -0.508 e. The molecule has 1 amide bonds. The molecule has 2 bridgehead atoms. The van der Waals surface area contributed by atoms with Gasteiger partial charge in [-0.05, 0) is 54.9 Å². The van der Waals surface area contributed by atoms with E-state index in [1.807, 2.05) is 11.0 Å². The number of aromatic hydroxyl groups is 1. The quantitative estimate of drug-likeness (QED) is 0.798. The van der Waals surface area contributed by atoms with Gasteiger partial charge in [0.15, 0.2) is 0 Å². The number of phenols is 1. The summed E-state index contributed by atoms with van der Waals surface area (Å²) in [6.45, 7) is 0.875. The fourth-order valence-corrected chi connectivity index (χ4v) is 5.15. The van der Waals surface area contributed by atoms with Crippen LogP contribution in [0.5, 0.6) is 5.75 Å². The smallest absolute Gasteiger partial charge is 0.209 e. The number of likely N-dealkylation sites (tertiary alicyclic amines) is 1. The van der Waals surface area contributed by atoms with E-state index in [9.17, 15) is 9.90 Å². The lowest BCUT2D eigenvalue weighted by molar-refractivity contribution is -0.126. The summed E-state index contributed by atoms with van der Waals surface area (Å²) >= 11 is 0. The van der Waals surface area contributed by atoms with Gasteiger partial charge < -0.3 is 10.0 Å². The SMILES string of the molecule is O=CN1CC[C@@]23CCCC[C@@H]2C1Cc1ccc(O)cc13. The second-order valence-corrected chi connectivity index (χ2v) is 6.71. The van der Waals surface area contributed by atoms with Crippen molar-refractivity contribution < 1.29 is 9.90 Å². The molecule has 4 rings (SSSR count). The third-order valence-corrected chi connectivity index (χ3v) is 6.00. The van der Waals surface area contributed by atoms with Crippen LogP contribution in [0.15, 0.2) is 18.2 Å². The van der Waals surface area contributed by atoms with Crippen LogP contribution in [-0.4, -0.2) is 29.0 Å². The summed E-state index contributed by atoms with van der Waals surface area (Å²) in [4.78, 5) is 13.4. The van der Waals surface area contributed by atoms with Gasteiger partial charge in [0.25, 0.3) is 0 Å². The van der Waals surface area contributed by atoms with Gasteiger partial charge in [-0.1, -0.05) is 18.9 Å². The Morgan fingerprint density at radius 2 is 2.20 bits per heavy atom. The molecule has 0 spiro atoms. The number of hydrogen-bond acceptors (Lipinski definition) is 2. The first-order valence-corrected chi connectivity index (χ1v) is 7.78. The van der Waals surface area contributed by atoms with E-state index in [-0.39, 0.29) is 5.41 Å². The summed E-state index contributed by atoms with van der Waals surface area (Å²) in [5.74, 6) is 0.975. The molecule has 3 aliphatic rings. The average molecular weight is 271 g/mol. The van der Waals surface area contributed by atoms with Crippen LogP contribution in [0.3, 0.4) is 0 Å². The van der Waals surface area contributed by atoms with Crippen molar-refractivity contribution in [2.45, 2.75) is 50.0 Å². The fraction of sp³-hybridized carbons (Fsp3) is 0.588. The topological polar surface area (TPSA) is 40.5 Å². The van der Waals surface area contributed by atoms with Crippen molar-refractivity contribution >= 4 is 6.41 Å². The molecule has 1 aliphatic heterocycles. The van der Waals surface area contributed by atoms with Gasteiger partial charge in [-0.2, -0.15) is 0 Å². The maximum Gasteiger partial charge on any atom is 0.209 e. The van der Waals surface area contributed by atoms with Crippen LogP contribution in [0.2, 0.25) is 0 Å². The molecule has 1 saturated heterocycles. The monoisotopic (exact) mass is 271 g/mol. The summed E-state index contributed by atoms with van der Waals surface area (Å²) < 4.78 is 0. The van der Waals surface area contributed by atoms with Crippen LogP contribution >= 0.6 is 0 Å². The van der Waals surface area contributed by atoms with Crippen molar-refractivity contribution in [3.63, 3.8) is 0 Å². The predicted molar refractivity (Wildman–Crippen MR) is 76.6 cm³/mol. The summed E-state index contributed by atoms with van der Waals surface area (Å²) in [5, 5.41) is 9.90. The molecule has 1 unspecified atom stereocenters. The largest absolute Gasteiger partial charge is 0.508 e. The van der Waals surface area contributed by atoms with Crippen molar-refractivity contribution in [1.82, 2.24) is 4.90 Å². The van der Waals surface area contributed by atoms with Crippen LogP contribution in [-0.2, 0) is 16.6 Å². The van der Waals surface area contributed by atoms with E-state index >= 15 is 0 Å². The summed E-state index contributed by atoms with van der Waals surface area (Å²) in [6, 6.07) is 6.23. The van der Waals surface area contributed by atoms with E-state index in [1.165, 1.54) is 36.8 Å². The van der Waals surface area contributed by atoms with Crippen LogP contribution in [0.1, 0.15) is 43.2 Å². The molecule has 106 valence electrons. The van der Waals surface area contributed by atoms with Gasteiger partial charge in [0.05, 0.1) is 0 Å². The highest BCUT2D eigenvalue weighted by Crippen LogP contribution is 2.55. The Hall–Kier alpha value is -1.51. The lowest BCUT2D eigenvalue weighted by Gasteiger charge is -2.58. The number of amides is 1. The Morgan fingerprint density at radius 1 is 1.30 bits per heavy atom. The van der Waals surface area contributed by atoms with E-state index in [4.69, 9.17) is 0 Å². The Labute approximate surface area is 119 Å². The number of carbonyl (C=O) groups is 1. The highest BCUT2D eigenvalue weighted by molar-refractivity contribution is 5.52. The lowest BCUT2D eigenvalue weighted by Crippen LogP contribution is -2.60. The molecule has 2 aliphatic carbocycles. The molecular weight excluding hydrogens is 250 g/mol. The highest BCUT2D eigenvalue weighted by atomic mass is 16.3.